The zero-order valence-corrected chi connectivity index (χ0v) is 7.57. The second-order valence-electron chi connectivity index (χ2n) is 1.45. The molecule has 0 heterocycles. The Bertz CT molecular complexity index is 211. The number of hydrogen-bond donors (Lipinski definition) is 2. The fourth-order valence-corrected chi connectivity index (χ4v) is 0. The maximum atomic E-state index is 9.00. The molecule has 13 heavy (non-hydrogen) atoms. The number of rotatable bonds is 0. The zero-order chi connectivity index (χ0) is 11.7. The molecule has 8 nitrogen and oxygen atoms in total. The number of aliphatic carboxylic acids is 2. The van der Waals surface area contributed by atoms with Gasteiger partial charge in [0.05, 0.1) is 0 Å². The topological polar surface area (TPSA) is 155 Å². The lowest BCUT2D eigenvalue weighted by Crippen LogP contribution is -1.91. The van der Waals surface area contributed by atoms with Gasteiger partial charge < -0.3 is 19.3 Å². The molecule has 0 saturated heterocycles. The van der Waals surface area contributed by atoms with Crippen molar-refractivity contribution in [2.75, 3.05) is 0 Å². The highest BCUT2D eigenvalue weighted by Gasteiger charge is 1.65. The summed E-state index contributed by atoms with van der Waals surface area (Å²) in [5.41, 5.74) is 0. The molecule has 80 valence electrons. The maximum absolute atomic E-state index is 9.00. The quantitative estimate of drug-likeness (QED) is 0.379. The monoisotopic (exact) mass is 216 g/mol. The van der Waals surface area contributed by atoms with Crippen LogP contribution < -0.4 is 0 Å². The van der Waals surface area contributed by atoms with E-state index in [1.165, 1.54) is 0 Å². The van der Waals surface area contributed by atoms with Crippen molar-refractivity contribution in [3.63, 3.8) is 0 Å². The van der Waals surface area contributed by atoms with Crippen LogP contribution in [0.1, 0.15) is 13.8 Å². The van der Waals surface area contributed by atoms with Crippen molar-refractivity contribution in [3.05, 3.63) is 0 Å². The zero-order valence-electron chi connectivity index (χ0n) is 6.75. The molecule has 0 spiro atoms. The van der Waals surface area contributed by atoms with Crippen LogP contribution in [0, 0.1) is 0 Å². The molecule has 0 aliphatic rings. The normalized spacial score (nSPS) is 8.31. The van der Waals surface area contributed by atoms with Gasteiger partial charge in [0.1, 0.15) is 0 Å². The summed E-state index contributed by atoms with van der Waals surface area (Å²) in [6.45, 7) is 2.17. The molecule has 0 fully saturated rings. The average Bonchev–Trinajstić information content (AvgIpc) is 1.50. The predicted molar refractivity (Wildman–Crippen MR) is 37.1 cm³/mol. The highest BCUT2D eigenvalue weighted by Crippen LogP contribution is 1.57. The van der Waals surface area contributed by atoms with Gasteiger partial charge in [-0.05, 0) is 0 Å². The standard InChI is InChI=1S/2C2H4O2.H2O4S/c2*1-2(3)4;1-5(2,3)4/h2*1H3,(H,3,4);(H2,1,2,3,4)/p-2. The first-order valence-corrected chi connectivity index (χ1v) is 3.86. The summed E-state index contributed by atoms with van der Waals surface area (Å²) in [5, 5.41) is 14.8. The average molecular weight is 216 g/mol. The number of carboxylic acids is 2. The molecule has 2 N–H and O–H groups in total. The van der Waals surface area contributed by atoms with E-state index in [-0.39, 0.29) is 0 Å². The van der Waals surface area contributed by atoms with E-state index in [0.717, 1.165) is 13.8 Å². The minimum atomic E-state index is -5.17. The number of carboxylic acid groups (broad SMARTS) is 2. The van der Waals surface area contributed by atoms with Crippen molar-refractivity contribution >= 4 is 22.3 Å². The Hall–Kier alpha value is -1.19. The molecule has 0 bridgehead atoms. The molecule has 0 amide bonds. The smallest absolute Gasteiger partial charge is 0.300 e. The molecule has 0 atom stereocenters. The molecule has 0 aliphatic heterocycles. The predicted octanol–water partition coefficient (Wildman–Crippen LogP) is -1.16. The molecule has 0 rings (SSSR count). The lowest BCUT2D eigenvalue weighted by Gasteiger charge is -2.06. The van der Waals surface area contributed by atoms with Crippen LogP contribution in [0.15, 0.2) is 0 Å². The first-order chi connectivity index (χ1) is 5.46. The van der Waals surface area contributed by atoms with Crippen LogP contribution in [0.25, 0.3) is 0 Å². The van der Waals surface area contributed by atoms with Crippen molar-refractivity contribution in [3.8, 4) is 0 Å². The molecular formula is C4H8O8S-2. The van der Waals surface area contributed by atoms with Gasteiger partial charge in [0.25, 0.3) is 11.9 Å². The highest BCUT2D eigenvalue weighted by atomic mass is 32.3. The second kappa shape index (κ2) is 8.90. The van der Waals surface area contributed by atoms with E-state index in [2.05, 4.69) is 0 Å². The lowest BCUT2D eigenvalue weighted by atomic mass is 10.9. The fraction of sp³-hybridized carbons (Fsp3) is 0.500. The molecule has 0 aromatic heterocycles. The van der Waals surface area contributed by atoms with Crippen molar-refractivity contribution < 1.29 is 37.3 Å². The van der Waals surface area contributed by atoms with E-state index < -0.39 is 22.3 Å². The second-order valence-corrected chi connectivity index (χ2v) is 2.26. The first-order valence-electron chi connectivity index (χ1n) is 2.52. The van der Waals surface area contributed by atoms with Crippen LogP contribution in [-0.4, -0.2) is 39.7 Å². The molecule has 0 aromatic carbocycles. The van der Waals surface area contributed by atoms with Crippen molar-refractivity contribution in [2.45, 2.75) is 13.8 Å². The van der Waals surface area contributed by atoms with Crippen molar-refractivity contribution in [1.82, 2.24) is 0 Å². The Morgan fingerprint density at radius 3 is 1.00 bits per heavy atom. The Balaban J connectivity index is -0.000000117. The Labute approximate surface area is 74.4 Å². The summed E-state index contributed by atoms with van der Waals surface area (Å²) in [5.74, 6) is -1.67. The largest absolute Gasteiger partial charge is 0.759 e. The molecule has 0 saturated carbocycles. The third-order valence-electron chi connectivity index (χ3n) is 0. The van der Waals surface area contributed by atoms with E-state index in [0.29, 0.717) is 0 Å². The molecule has 0 unspecified atom stereocenters. The highest BCUT2D eigenvalue weighted by molar-refractivity contribution is 7.79. The Morgan fingerprint density at radius 1 is 1.00 bits per heavy atom. The summed E-state index contributed by atoms with van der Waals surface area (Å²) < 4.78 is 34.1. The minimum absolute atomic E-state index is 0.833. The lowest BCUT2D eigenvalue weighted by molar-refractivity contribution is -0.135. The Morgan fingerprint density at radius 2 is 1.00 bits per heavy atom. The molecular weight excluding hydrogens is 208 g/mol. The SMILES string of the molecule is CC(=O)O.CC(=O)O.O=S(=O)([O-])[O-]. The number of carbonyl (C=O) groups is 2. The van der Waals surface area contributed by atoms with Gasteiger partial charge in [0.15, 0.2) is 0 Å². The van der Waals surface area contributed by atoms with Gasteiger partial charge in [0.2, 0.25) is 0 Å². The molecule has 9 heteroatoms. The molecule has 0 aromatic rings. The minimum Gasteiger partial charge on any atom is -0.759 e. The van der Waals surface area contributed by atoms with Crippen LogP contribution in [-0.2, 0) is 20.0 Å². The summed E-state index contributed by atoms with van der Waals surface area (Å²) in [7, 11) is -5.17. The van der Waals surface area contributed by atoms with Crippen LogP contribution in [0.5, 0.6) is 0 Å². The number of hydrogen-bond acceptors (Lipinski definition) is 6. The van der Waals surface area contributed by atoms with Gasteiger partial charge in [-0.2, -0.15) is 0 Å². The van der Waals surface area contributed by atoms with E-state index in [4.69, 9.17) is 37.3 Å². The van der Waals surface area contributed by atoms with Crippen LogP contribution in [0.3, 0.4) is 0 Å². The third-order valence-corrected chi connectivity index (χ3v) is 0. The van der Waals surface area contributed by atoms with Gasteiger partial charge in [-0.25, -0.2) is 0 Å². The summed E-state index contributed by atoms with van der Waals surface area (Å²) >= 11 is 0. The van der Waals surface area contributed by atoms with Crippen molar-refractivity contribution in [2.24, 2.45) is 0 Å². The fourth-order valence-electron chi connectivity index (χ4n) is 0. The van der Waals surface area contributed by atoms with Gasteiger partial charge in [-0.3, -0.25) is 18.0 Å². The van der Waals surface area contributed by atoms with Gasteiger partial charge >= 0.3 is 0 Å². The van der Waals surface area contributed by atoms with E-state index >= 15 is 0 Å². The van der Waals surface area contributed by atoms with E-state index in [1.807, 2.05) is 0 Å². The van der Waals surface area contributed by atoms with Gasteiger partial charge in [-0.15, -0.1) is 0 Å². The van der Waals surface area contributed by atoms with Gasteiger partial charge in [0, 0.05) is 24.2 Å². The summed E-state index contributed by atoms with van der Waals surface area (Å²) in [4.78, 5) is 18.0. The molecule has 0 radical (unpaired) electrons. The van der Waals surface area contributed by atoms with Gasteiger partial charge in [-0.1, -0.05) is 0 Å². The Kier molecular flexibility index (Phi) is 12.2. The van der Waals surface area contributed by atoms with E-state index in [9.17, 15) is 0 Å². The summed E-state index contributed by atoms with van der Waals surface area (Å²) in [6, 6.07) is 0. The van der Waals surface area contributed by atoms with Crippen molar-refractivity contribution in [1.29, 1.82) is 0 Å². The van der Waals surface area contributed by atoms with Crippen LogP contribution in [0.2, 0.25) is 0 Å². The van der Waals surface area contributed by atoms with Crippen LogP contribution in [0.4, 0.5) is 0 Å². The first kappa shape index (κ1) is 17.8. The van der Waals surface area contributed by atoms with E-state index in [1.54, 1.807) is 0 Å². The summed E-state index contributed by atoms with van der Waals surface area (Å²) in [6.07, 6.45) is 0. The third kappa shape index (κ3) is 592. The van der Waals surface area contributed by atoms with Crippen LogP contribution >= 0.6 is 0 Å². The molecule has 0 aliphatic carbocycles. The maximum Gasteiger partial charge on any atom is 0.300 e.